The predicted molar refractivity (Wildman–Crippen MR) is 100 cm³/mol. The number of hydrogen-bond acceptors (Lipinski definition) is 5. The molecule has 3 aromatic rings. The van der Waals surface area contributed by atoms with Gasteiger partial charge in [0, 0.05) is 26.2 Å². The van der Waals surface area contributed by atoms with Crippen LogP contribution in [0.4, 0.5) is 0 Å². The maximum atomic E-state index is 12.1. The van der Waals surface area contributed by atoms with Gasteiger partial charge in [-0.2, -0.15) is 0 Å². The van der Waals surface area contributed by atoms with Crippen molar-refractivity contribution in [2.75, 3.05) is 32.7 Å². The van der Waals surface area contributed by atoms with Gasteiger partial charge in [0.1, 0.15) is 5.69 Å². The number of fused-ring (bicyclic) bond motifs is 1. The minimum absolute atomic E-state index is 0.0205. The van der Waals surface area contributed by atoms with E-state index < -0.39 is 0 Å². The van der Waals surface area contributed by atoms with Gasteiger partial charge in [0.15, 0.2) is 0 Å². The monoisotopic (exact) mass is 350 g/mol. The molecule has 26 heavy (non-hydrogen) atoms. The van der Waals surface area contributed by atoms with Crippen molar-refractivity contribution in [2.45, 2.75) is 6.54 Å². The summed E-state index contributed by atoms with van der Waals surface area (Å²) in [6.07, 6.45) is 1.86. The number of hydrogen-bond donors (Lipinski definition) is 2. The smallest absolute Gasteiger partial charge is 0.234 e. The predicted octanol–water partition coefficient (Wildman–Crippen LogP) is 0.942. The molecule has 1 amide bonds. The lowest BCUT2D eigenvalue weighted by Gasteiger charge is -2.26. The Bertz CT molecular complexity index is 900. The minimum Gasteiger partial charge on any atom is -0.349 e. The molecule has 0 bridgehead atoms. The number of amides is 1. The van der Waals surface area contributed by atoms with Gasteiger partial charge in [-0.05, 0) is 22.9 Å². The highest BCUT2D eigenvalue weighted by Crippen LogP contribution is 2.17. The van der Waals surface area contributed by atoms with E-state index in [0.29, 0.717) is 13.1 Å². The molecule has 1 saturated heterocycles. The molecule has 0 radical (unpaired) electrons. The van der Waals surface area contributed by atoms with Crippen molar-refractivity contribution in [3.8, 4) is 5.69 Å². The zero-order chi connectivity index (χ0) is 17.8. The summed E-state index contributed by atoms with van der Waals surface area (Å²) in [5.41, 5.74) is 1.70. The van der Waals surface area contributed by atoms with Crippen molar-refractivity contribution in [3.05, 3.63) is 54.4 Å². The molecule has 0 unspecified atom stereocenters. The van der Waals surface area contributed by atoms with Crippen LogP contribution in [0.1, 0.15) is 5.69 Å². The van der Waals surface area contributed by atoms with E-state index in [9.17, 15) is 4.79 Å². The van der Waals surface area contributed by atoms with Gasteiger partial charge in [0.05, 0.1) is 25.0 Å². The summed E-state index contributed by atoms with van der Waals surface area (Å²) in [6, 6.07) is 14.4. The normalized spacial score (nSPS) is 15.2. The van der Waals surface area contributed by atoms with Crippen molar-refractivity contribution in [3.63, 3.8) is 0 Å². The summed E-state index contributed by atoms with van der Waals surface area (Å²) >= 11 is 0. The Labute approximate surface area is 152 Å². The molecule has 134 valence electrons. The minimum atomic E-state index is 0.0205. The third-order valence-electron chi connectivity index (χ3n) is 4.58. The number of carbonyl (C=O) groups excluding carboxylic acids is 1. The summed E-state index contributed by atoms with van der Waals surface area (Å²) in [4.78, 5) is 14.2. The Morgan fingerprint density at radius 1 is 1.12 bits per heavy atom. The number of nitrogens with one attached hydrogen (secondary N) is 2. The number of piperazine rings is 1. The van der Waals surface area contributed by atoms with Crippen LogP contribution in [-0.4, -0.2) is 58.5 Å². The molecule has 4 rings (SSSR count). The van der Waals surface area contributed by atoms with E-state index in [1.807, 2.05) is 24.4 Å². The molecule has 0 aliphatic carbocycles. The summed E-state index contributed by atoms with van der Waals surface area (Å²) in [6.45, 7) is 4.51. The number of rotatable bonds is 5. The van der Waals surface area contributed by atoms with Gasteiger partial charge in [0.2, 0.25) is 5.91 Å². The van der Waals surface area contributed by atoms with Crippen LogP contribution < -0.4 is 10.6 Å². The molecule has 1 fully saturated rings. The van der Waals surface area contributed by atoms with Crippen LogP contribution in [0, 0.1) is 0 Å². The highest BCUT2D eigenvalue weighted by molar-refractivity contribution is 5.84. The van der Waals surface area contributed by atoms with Crippen LogP contribution in [-0.2, 0) is 11.3 Å². The first-order valence-electron chi connectivity index (χ1n) is 8.88. The number of benzene rings is 2. The lowest BCUT2D eigenvalue weighted by atomic mass is 10.1. The van der Waals surface area contributed by atoms with E-state index in [1.54, 1.807) is 4.68 Å². The van der Waals surface area contributed by atoms with Crippen molar-refractivity contribution < 1.29 is 4.79 Å². The largest absolute Gasteiger partial charge is 0.349 e. The Balaban J connectivity index is 1.37. The first-order chi connectivity index (χ1) is 12.8. The molecule has 2 heterocycles. The van der Waals surface area contributed by atoms with Crippen molar-refractivity contribution in [1.29, 1.82) is 0 Å². The van der Waals surface area contributed by atoms with E-state index in [4.69, 9.17) is 0 Å². The van der Waals surface area contributed by atoms with Crippen molar-refractivity contribution in [1.82, 2.24) is 30.5 Å². The Morgan fingerprint density at radius 2 is 1.92 bits per heavy atom. The van der Waals surface area contributed by atoms with Gasteiger partial charge in [-0.3, -0.25) is 9.69 Å². The highest BCUT2D eigenvalue weighted by atomic mass is 16.2. The molecule has 2 aromatic carbocycles. The van der Waals surface area contributed by atoms with Gasteiger partial charge < -0.3 is 10.6 Å². The fraction of sp³-hybridized carbons (Fsp3) is 0.316. The fourth-order valence-corrected chi connectivity index (χ4v) is 3.14. The molecule has 1 aliphatic heterocycles. The Hall–Kier alpha value is -2.77. The summed E-state index contributed by atoms with van der Waals surface area (Å²) in [7, 11) is 0. The molecule has 7 nitrogen and oxygen atoms in total. The molecule has 7 heteroatoms. The molecular weight excluding hydrogens is 328 g/mol. The van der Waals surface area contributed by atoms with Crippen LogP contribution in [0.25, 0.3) is 16.5 Å². The zero-order valence-electron chi connectivity index (χ0n) is 14.6. The third-order valence-corrected chi connectivity index (χ3v) is 4.58. The number of nitrogens with zero attached hydrogens (tertiary/aromatic N) is 4. The van der Waals surface area contributed by atoms with Gasteiger partial charge >= 0.3 is 0 Å². The average Bonchev–Trinajstić information content (AvgIpc) is 3.16. The number of carbonyl (C=O) groups is 1. The third kappa shape index (κ3) is 3.89. The summed E-state index contributed by atoms with van der Waals surface area (Å²) in [5.74, 6) is 0.0205. The second kappa shape index (κ2) is 7.63. The fourth-order valence-electron chi connectivity index (χ4n) is 3.14. The van der Waals surface area contributed by atoms with E-state index in [1.165, 1.54) is 5.39 Å². The second-order valence-corrected chi connectivity index (χ2v) is 6.49. The van der Waals surface area contributed by atoms with Crippen LogP contribution in [0.5, 0.6) is 0 Å². The van der Waals surface area contributed by atoms with Crippen LogP contribution in [0.3, 0.4) is 0 Å². The van der Waals surface area contributed by atoms with E-state index >= 15 is 0 Å². The van der Waals surface area contributed by atoms with Gasteiger partial charge in [-0.15, -0.1) is 5.10 Å². The van der Waals surface area contributed by atoms with Gasteiger partial charge in [-0.25, -0.2) is 4.68 Å². The van der Waals surface area contributed by atoms with E-state index in [-0.39, 0.29) is 5.91 Å². The zero-order valence-corrected chi connectivity index (χ0v) is 14.6. The lowest BCUT2D eigenvalue weighted by molar-refractivity contribution is -0.122. The molecule has 0 spiro atoms. The highest BCUT2D eigenvalue weighted by Gasteiger charge is 2.13. The molecule has 2 N–H and O–H groups in total. The maximum absolute atomic E-state index is 12.1. The Kier molecular flexibility index (Phi) is 4.90. The number of aromatic nitrogens is 3. The SMILES string of the molecule is O=C(CN1CCNCC1)NCc1cn(-c2ccc3ccccc3c2)nn1. The van der Waals surface area contributed by atoms with Crippen LogP contribution in [0.2, 0.25) is 0 Å². The van der Waals surface area contributed by atoms with Gasteiger partial charge in [0.25, 0.3) is 0 Å². The maximum Gasteiger partial charge on any atom is 0.234 e. The van der Waals surface area contributed by atoms with Crippen LogP contribution >= 0.6 is 0 Å². The summed E-state index contributed by atoms with van der Waals surface area (Å²) in [5, 5.41) is 16.9. The molecular formula is C19H22N6O. The quantitative estimate of drug-likeness (QED) is 0.716. The van der Waals surface area contributed by atoms with Gasteiger partial charge in [-0.1, -0.05) is 35.5 Å². The van der Waals surface area contributed by atoms with Crippen LogP contribution in [0.15, 0.2) is 48.7 Å². The van der Waals surface area contributed by atoms with Crippen molar-refractivity contribution >= 4 is 16.7 Å². The second-order valence-electron chi connectivity index (χ2n) is 6.49. The molecule has 1 aliphatic rings. The molecule has 0 atom stereocenters. The first-order valence-corrected chi connectivity index (χ1v) is 8.88. The summed E-state index contributed by atoms with van der Waals surface area (Å²) < 4.78 is 1.74. The first kappa shape index (κ1) is 16.7. The standard InChI is InChI=1S/C19H22N6O/c26-19(14-24-9-7-20-8-10-24)21-12-17-13-25(23-22-17)18-6-5-15-3-1-2-4-16(15)11-18/h1-6,11,13,20H,7-10,12,14H2,(H,21,26). The average molecular weight is 350 g/mol. The topological polar surface area (TPSA) is 75.1 Å². The Morgan fingerprint density at radius 3 is 2.77 bits per heavy atom. The molecule has 1 aromatic heterocycles. The van der Waals surface area contributed by atoms with Crippen molar-refractivity contribution in [2.24, 2.45) is 0 Å². The van der Waals surface area contributed by atoms with E-state index in [2.05, 4.69) is 50.1 Å². The lowest BCUT2D eigenvalue weighted by Crippen LogP contribution is -2.47. The molecule has 0 saturated carbocycles. The van der Waals surface area contributed by atoms with E-state index in [0.717, 1.165) is 42.9 Å².